The number of thioether (sulfide) groups is 1. The Labute approximate surface area is 156 Å². The van der Waals surface area contributed by atoms with Gasteiger partial charge in [0, 0.05) is 5.69 Å². The molecule has 5 heteroatoms. The maximum atomic E-state index is 12.3. The van der Waals surface area contributed by atoms with Crippen molar-refractivity contribution < 1.29 is 4.79 Å². The second-order valence-electron chi connectivity index (χ2n) is 6.20. The van der Waals surface area contributed by atoms with Gasteiger partial charge in [-0.2, -0.15) is 0 Å². The number of rotatable bonds is 5. The van der Waals surface area contributed by atoms with Gasteiger partial charge in [0.2, 0.25) is 5.91 Å². The molecular weight excluding hydrogens is 342 g/mol. The smallest absolute Gasteiger partial charge is 0.234 e. The third kappa shape index (κ3) is 3.58. The number of carbonyl (C=O) groups excluding carboxylic acids is 1. The molecule has 26 heavy (non-hydrogen) atoms. The zero-order valence-electron chi connectivity index (χ0n) is 14.4. The molecule has 0 aliphatic carbocycles. The van der Waals surface area contributed by atoms with Gasteiger partial charge in [0.25, 0.3) is 0 Å². The number of fused-ring (bicyclic) bond motifs is 2. The van der Waals surface area contributed by atoms with Crippen LogP contribution in [-0.4, -0.2) is 21.6 Å². The fourth-order valence-corrected chi connectivity index (χ4v) is 3.65. The molecule has 0 saturated carbocycles. The molecule has 4 rings (SSSR count). The Morgan fingerprint density at radius 3 is 2.69 bits per heavy atom. The number of aromatic nitrogens is 2. The van der Waals surface area contributed by atoms with Gasteiger partial charge in [-0.15, -0.1) is 11.8 Å². The molecule has 0 aliphatic rings. The van der Waals surface area contributed by atoms with E-state index in [1.165, 1.54) is 5.39 Å². The summed E-state index contributed by atoms with van der Waals surface area (Å²) in [5.41, 5.74) is 2.80. The van der Waals surface area contributed by atoms with E-state index in [1.54, 1.807) is 11.8 Å². The number of hydrogen-bond acceptors (Lipinski definition) is 3. The molecule has 1 heterocycles. The average Bonchev–Trinajstić information content (AvgIpc) is 3.10. The van der Waals surface area contributed by atoms with Crippen LogP contribution in [0.2, 0.25) is 0 Å². The summed E-state index contributed by atoms with van der Waals surface area (Å²) in [6, 6.07) is 22.0. The fraction of sp³-hybridized carbons (Fsp3) is 0.143. The molecule has 1 amide bonds. The third-order valence-electron chi connectivity index (χ3n) is 4.29. The molecule has 2 N–H and O–H groups in total. The Morgan fingerprint density at radius 1 is 1.08 bits per heavy atom. The van der Waals surface area contributed by atoms with Crippen LogP contribution < -0.4 is 5.32 Å². The number of hydrogen-bond donors (Lipinski definition) is 2. The molecule has 3 aromatic carbocycles. The van der Waals surface area contributed by atoms with Crippen molar-refractivity contribution in [1.82, 2.24) is 9.97 Å². The molecule has 1 atom stereocenters. The number of H-pyrrole nitrogens is 1. The minimum Gasteiger partial charge on any atom is -0.341 e. The summed E-state index contributed by atoms with van der Waals surface area (Å²) in [5.74, 6) is 1.27. The van der Waals surface area contributed by atoms with E-state index in [0.717, 1.165) is 27.9 Å². The number of amides is 1. The van der Waals surface area contributed by atoms with Crippen LogP contribution in [0.1, 0.15) is 18.0 Å². The number of anilines is 1. The summed E-state index contributed by atoms with van der Waals surface area (Å²) in [5, 5.41) is 5.38. The van der Waals surface area contributed by atoms with Crippen LogP contribution in [0.5, 0.6) is 0 Å². The van der Waals surface area contributed by atoms with Crippen LogP contribution in [0, 0.1) is 0 Å². The standard InChI is InChI=1S/C21H19N3OS/c1-14(21-23-18-8-4-5-9-19(18)24-21)26-13-20(25)22-17-11-10-15-6-2-3-7-16(15)12-17/h2-12,14H,13H2,1H3,(H,22,25)(H,23,24)/t14-/m0/s1. The lowest BCUT2D eigenvalue weighted by Crippen LogP contribution is -2.14. The molecule has 0 saturated heterocycles. The van der Waals surface area contributed by atoms with Gasteiger partial charge in [-0.3, -0.25) is 4.79 Å². The number of nitrogens with one attached hydrogen (secondary N) is 2. The third-order valence-corrected chi connectivity index (χ3v) is 5.44. The molecule has 0 aliphatic heterocycles. The van der Waals surface area contributed by atoms with E-state index in [4.69, 9.17) is 0 Å². The minimum absolute atomic E-state index is 0.00626. The Bertz CT molecular complexity index is 1040. The van der Waals surface area contributed by atoms with E-state index in [-0.39, 0.29) is 11.2 Å². The molecule has 0 radical (unpaired) electrons. The van der Waals surface area contributed by atoms with Crippen LogP contribution in [0.3, 0.4) is 0 Å². The quantitative estimate of drug-likeness (QED) is 0.517. The van der Waals surface area contributed by atoms with Crippen molar-refractivity contribution in [2.75, 3.05) is 11.1 Å². The average molecular weight is 361 g/mol. The maximum Gasteiger partial charge on any atom is 0.234 e. The fourth-order valence-electron chi connectivity index (χ4n) is 2.91. The lowest BCUT2D eigenvalue weighted by molar-refractivity contribution is -0.113. The lowest BCUT2D eigenvalue weighted by atomic mass is 10.1. The van der Waals surface area contributed by atoms with Crippen LogP contribution in [0.25, 0.3) is 21.8 Å². The van der Waals surface area contributed by atoms with Crippen molar-refractivity contribution >= 4 is 45.2 Å². The van der Waals surface area contributed by atoms with Gasteiger partial charge in [-0.05, 0) is 42.0 Å². The number of imidazole rings is 1. The summed E-state index contributed by atoms with van der Waals surface area (Å²) >= 11 is 1.57. The minimum atomic E-state index is -0.00626. The van der Waals surface area contributed by atoms with Crippen molar-refractivity contribution in [3.05, 3.63) is 72.6 Å². The van der Waals surface area contributed by atoms with Gasteiger partial charge in [0.1, 0.15) is 5.82 Å². The van der Waals surface area contributed by atoms with Crippen LogP contribution in [0.15, 0.2) is 66.7 Å². The highest BCUT2D eigenvalue weighted by Crippen LogP contribution is 2.28. The van der Waals surface area contributed by atoms with Crippen LogP contribution in [0.4, 0.5) is 5.69 Å². The predicted molar refractivity (Wildman–Crippen MR) is 110 cm³/mol. The van der Waals surface area contributed by atoms with Crippen molar-refractivity contribution in [2.24, 2.45) is 0 Å². The molecule has 4 aromatic rings. The summed E-state index contributed by atoms with van der Waals surface area (Å²) in [6.07, 6.45) is 0. The lowest BCUT2D eigenvalue weighted by Gasteiger charge is -2.09. The molecule has 1 aromatic heterocycles. The summed E-state index contributed by atoms with van der Waals surface area (Å²) in [4.78, 5) is 20.2. The Kier molecular flexibility index (Phi) is 4.63. The van der Waals surface area contributed by atoms with E-state index in [1.807, 2.05) is 60.7 Å². The zero-order chi connectivity index (χ0) is 17.9. The number of carbonyl (C=O) groups is 1. The zero-order valence-corrected chi connectivity index (χ0v) is 15.2. The molecule has 0 unspecified atom stereocenters. The van der Waals surface area contributed by atoms with E-state index >= 15 is 0 Å². The number of para-hydroxylation sites is 2. The maximum absolute atomic E-state index is 12.3. The summed E-state index contributed by atoms with van der Waals surface area (Å²) in [7, 11) is 0. The molecule has 0 spiro atoms. The van der Waals surface area contributed by atoms with E-state index in [0.29, 0.717) is 5.75 Å². The highest BCUT2D eigenvalue weighted by atomic mass is 32.2. The first-order valence-corrected chi connectivity index (χ1v) is 9.59. The summed E-state index contributed by atoms with van der Waals surface area (Å²) in [6.45, 7) is 2.06. The molecular formula is C21H19N3OS. The predicted octanol–water partition coefficient (Wildman–Crippen LogP) is 5.15. The van der Waals surface area contributed by atoms with Crippen molar-refractivity contribution in [3.63, 3.8) is 0 Å². The van der Waals surface area contributed by atoms with E-state index in [2.05, 4.69) is 28.3 Å². The Morgan fingerprint density at radius 2 is 1.85 bits per heavy atom. The van der Waals surface area contributed by atoms with E-state index in [9.17, 15) is 4.79 Å². The highest BCUT2D eigenvalue weighted by Gasteiger charge is 2.13. The summed E-state index contributed by atoms with van der Waals surface area (Å²) < 4.78 is 0. The first-order chi connectivity index (χ1) is 12.7. The Hall–Kier alpha value is -2.79. The van der Waals surface area contributed by atoms with Gasteiger partial charge in [-0.1, -0.05) is 42.5 Å². The second-order valence-corrected chi connectivity index (χ2v) is 7.53. The van der Waals surface area contributed by atoms with Gasteiger partial charge in [0.05, 0.1) is 22.0 Å². The largest absolute Gasteiger partial charge is 0.341 e. The number of nitrogens with zero attached hydrogens (tertiary/aromatic N) is 1. The van der Waals surface area contributed by atoms with Gasteiger partial charge in [-0.25, -0.2) is 4.98 Å². The Balaban J connectivity index is 1.38. The first kappa shape index (κ1) is 16.7. The second kappa shape index (κ2) is 7.22. The molecule has 0 fully saturated rings. The SMILES string of the molecule is C[C@H](SCC(=O)Nc1ccc2ccccc2c1)c1nc2ccccc2[nH]1. The molecule has 130 valence electrons. The van der Waals surface area contributed by atoms with Crippen LogP contribution in [-0.2, 0) is 4.79 Å². The highest BCUT2D eigenvalue weighted by molar-refractivity contribution is 8.00. The van der Waals surface area contributed by atoms with Crippen molar-refractivity contribution in [3.8, 4) is 0 Å². The first-order valence-electron chi connectivity index (χ1n) is 8.54. The van der Waals surface area contributed by atoms with Crippen molar-refractivity contribution in [1.29, 1.82) is 0 Å². The number of benzene rings is 3. The van der Waals surface area contributed by atoms with E-state index < -0.39 is 0 Å². The van der Waals surface area contributed by atoms with Gasteiger partial charge >= 0.3 is 0 Å². The van der Waals surface area contributed by atoms with Gasteiger partial charge in [0.15, 0.2) is 0 Å². The van der Waals surface area contributed by atoms with Gasteiger partial charge < -0.3 is 10.3 Å². The topological polar surface area (TPSA) is 57.8 Å². The monoisotopic (exact) mass is 361 g/mol. The van der Waals surface area contributed by atoms with Crippen LogP contribution >= 0.6 is 11.8 Å². The number of aromatic amines is 1. The molecule has 4 nitrogen and oxygen atoms in total. The van der Waals surface area contributed by atoms with Crippen molar-refractivity contribution in [2.45, 2.75) is 12.2 Å². The molecule has 0 bridgehead atoms. The normalized spacial score (nSPS) is 12.3.